The third kappa shape index (κ3) is 4.27. The summed E-state index contributed by atoms with van der Waals surface area (Å²) in [5.41, 5.74) is 2.73. The lowest BCUT2D eigenvalue weighted by Crippen LogP contribution is -2.12. The number of hydrogen-bond donors (Lipinski definition) is 2. The largest absolute Gasteiger partial charge is 0.495 e. The predicted molar refractivity (Wildman–Crippen MR) is 108 cm³/mol. The lowest BCUT2D eigenvalue weighted by atomic mass is 10.2. The van der Waals surface area contributed by atoms with Crippen LogP contribution in [0.2, 0.25) is 10.0 Å². The van der Waals surface area contributed by atoms with Crippen LogP contribution in [-0.2, 0) is 0 Å². The molecule has 0 spiro atoms. The Bertz CT molecular complexity index is 959. The fourth-order valence-electron chi connectivity index (χ4n) is 2.24. The third-order valence-electron chi connectivity index (χ3n) is 3.51. The quantitative estimate of drug-likeness (QED) is 0.563. The zero-order valence-corrected chi connectivity index (χ0v) is 16.3. The lowest BCUT2D eigenvalue weighted by Gasteiger charge is -2.09. The second-order valence-corrected chi connectivity index (χ2v) is 7.12. The number of nitrogens with one attached hydrogen (secondary N) is 2. The van der Waals surface area contributed by atoms with Crippen molar-refractivity contribution < 1.29 is 9.53 Å². The number of amides is 1. The van der Waals surface area contributed by atoms with Crippen molar-refractivity contribution in [2.45, 2.75) is 6.92 Å². The number of ether oxygens (including phenoxy) is 1. The highest BCUT2D eigenvalue weighted by molar-refractivity contribution is 7.14. The molecule has 0 radical (unpaired) electrons. The Balaban J connectivity index is 1.74. The molecule has 2 aromatic carbocycles. The first-order valence-corrected chi connectivity index (χ1v) is 9.23. The number of carbonyl (C=O) groups excluding carboxylic acids is 1. The van der Waals surface area contributed by atoms with E-state index in [1.165, 1.54) is 11.3 Å². The number of methoxy groups -OCH3 is 1. The van der Waals surface area contributed by atoms with Crippen LogP contribution in [0.1, 0.15) is 16.1 Å². The van der Waals surface area contributed by atoms with Gasteiger partial charge in [-0.05, 0) is 42.8 Å². The molecule has 8 heteroatoms. The van der Waals surface area contributed by atoms with Crippen molar-refractivity contribution in [1.29, 1.82) is 0 Å². The standard InChI is InChI=1S/C18H15Cl2N3O2S/c1-10-3-6-16(25-2)14(7-10)22-18-23-15(9-26-18)17(24)21-11-4-5-12(19)13(20)8-11/h3-9H,1-2H3,(H,21,24)(H,22,23). The van der Waals surface area contributed by atoms with Gasteiger partial charge in [-0.3, -0.25) is 4.79 Å². The highest BCUT2D eigenvalue weighted by Crippen LogP contribution is 2.30. The molecule has 0 unspecified atom stereocenters. The molecule has 0 aliphatic heterocycles. The van der Waals surface area contributed by atoms with Crippen molar-refractivity contribution >= 4 is 57.0 Å². The van der Waals surface area contributed by atoms with Gasteiger partial charge in [-0.15, -0.1) is 11.3 Å². The number of nitrogens with zero attached hydrogens (tertiary/aromatic N) is 1. The van der Waals surface area contributed by atoms with E-state index in [1.54, 1.807) is 30.7 Å². The highest BCUT2D eigenvalue weighted by atomic mass is 35.5. The van der Waals surface area contributed by atoms with Gasteiger partial charge in [-0.2, -0.15) is 0 Å². The number of benzene rings is 2. The molecule has 0 aliphatic carbocycles. The fraction of sp³-hybridized carbons (Fsp3) is 0.111. The van der Waals surface area contributed by atoms with Crippen LogP contribution in [0.25, 0.3) is 0 Å². The van der Waals surface area contributed by atoms with Crippen LogP contribution >= 0.6 is 34.5 Å². The number of rotatable bonds is 5. The van der Waals surface area contributed by atoms with E-state index >= 15 is 0 Å². The summed E-state index contributed by atoms with van der Waals surface area (Å²) < 4.78 is 5.34. The summed E-state index contributed by atoms with van der Waals surface area (Å²) in [5.74, 6) is 0.372. The summed E-state index contributed by atoms with van der Waals surface area (Å²) in [6.45, 7) is 1.99. The Hall–Kier alpha value is -2.28. The van der Waals surface area contributed by atoms with Crippen LogP contribution in [0.3, 0.4) is 0 Å². The van der Waals surface area contributed by atoms with Crippen LogP contribution in [-0.4, -0.2) is 18.0 Å². The van der Waals surface area contributed by atoms with Crippen LogP contribution in [0, 0.1) is 6.92 Å². The molecule has 0 atom stereocenters. The Kier molecular flexibility index (Phi) is 5.66. The molecule has 134 valence electrons. The van der Waals surface area contributed by atoms with E-state index in [2.05, 4.69) is 15.6 Å². The number of anilines is 3. The molecule has 1 amide bonds. The minimum atomic E-state index is -0.330. The molecule has 5 nitrogen and oxygen atoms in total. The Morgan fingerprint density at radius 2 is 1.96 bits per heavy atom. The van der Waals surface area contributed by atoms with Crippen molar-refractivity contribution in [1.82, 2.24) is 4.98 Å². The molecule has 0 saturated heterocycles. The SMILES string of the molecule is COc1ccc(C)cc1Nc1nc(C(=O)Nc2ccc(Cl)c(Cl)c2)cs1. The maximum absolute atomic E-state index is 12.4. The summed E-state index contributed by atoms with van der Waals surface area (Å²) in [6, 6.07) is 10.7. The summed E-state index contributed by atoms with van der Waals surface area (Å²) in [6.07, 6.45) is 0. The molecule has 0 fully saturated rings. The third-order valence-corrected chi connectivity index (χ3v) is 5.01. The van der Waals surface area contributed by atoms with Gasteiger partial charge in [0.15, 0.2) is 5.13 Å². The van der Waals surface area contributed by atoms with Crippen molar-refractivity contribution in [2.24, 2.45) is 0 Å². The van der Waals surface area contributed by atoms with Gasteiger partial charge in [0.1, 0.15) is 11.4 Å². The van der Waals surface area contributed by atoms with Gasteiger partial charge in [0.05, 0.1) is 22.8 Å². The monoisotopic (exact) mass is 407 g/mol. The van der Waals surface area contributed by atoms with E-state index < -0.39 is 0 Å². The van der Waals surface area contributed by atoms with E-state index in [0.717, 1.165) is 11.3 Å². The Morgan fingerprint density at radius 1 is 1.15 bits per heavy atom. The molecule has 0 saturated carbocycles. The summed E-state index contributed by atoms with van der Waals surface area (Å²) in [5, 5.41) is 9.00. The molecule has 26 heavy (non-hydrogen) atoms. The Labute approximate surface area is 164 Å². The average Bonchev–Trinajstić information content (AvgIpc) is 3.07. The zero-order valence-electron chi connectivity index (χ0n) is 14.0. The topological polar surface area (TPSA) is 63.2 Å². The van der Waals surface area contributed by atoms with Gasteiger partial charge in [0, 0.05) is 11.1 Å². The number of halogens is 2. The minimum Gasteiger partial charge on any atom is -0.495 e. The van der Waals surface area contributed by atoms with Gasteiger partial charge in [0.25, 0.3) is 5.91 Å². The highest BCUT2D eigenvalue weighted by Gasteiger charge is 2.13. The number of carbonyl (C=O) groups is 1. The predicted octanol–water partition coefficient (Wildman–Crippen LogP) is 5.76. The summed E-state index contributed by atoms with van der Waals surface area (Å²) in [4.78, 5) is 16.7. The first-order valence-electron chi connectivity index (χ1n) is 7.60. The number of aromatic nitrogens is 1. The fourth-order valence-corrected chi connectivity index (χ4v) is 3.24. The molecule has 1 heterocycles. The van der Waals surface area contributed by atoms with E-state index in [1.807, 2.05) is 25.1 Å². The van der Waals surface area contributed by atoms with Gasteiger partial charge >= 0.3 is 0 Å². The first kappa shape index (κ1) is 18.5. The van der Waals surface area contributed by atoms with Crippen LogP contribution in [0.15, 0.2) is 41.8 Å². The number of aryl methyl sites for hydroxylation is 1. The van der Waals surface area contributed by atoms with Gasteiger partial charge in [0.2, 0.25) is 0 Å². The van der Waals surface area contributed by atoms with Crippen LogP contribution < -0.4 is 15.4 Å². The second-order valence-electron chi connectivity index (χ2n) is 5.45. The van der Waals surface area contributed by atoms with Gasteiger partial charge < -0.3 is 15.4 Å². The van der Waals surface area contributed by atoms with Crippen LogP contribution in [0.5, 0.6) is 5.75 Å². The van der Waals surface area contributed by atoms with E-state index in [-0.39, 0.29) is 5.91 Å². The molecule has 3 aromatic rings. The van der Waals surface area contributed by atoms with Crippen molar-refractivity contribution in [3.05, 3.63) is 63.1 Å². The van der Waals surface area contributed by atoms with E-state index in [4.69, 9.17) is 27.9 Å². The number of thiazole rings is 1. The molecule has 0 aliphatic rings. The lowest BCUT2D eigenvalue weighted by molar-refractivity contribution is 0.102. The van der Waals surface area contributed by atoms with Crippen molar-refractivity contribution in [3.63, 3.8) is 0 Å². The maximum atomic E-state index is 12.4. The molecule has 0 bridgehead atoms. The second kappa shape index (κ2) is 7.95. The zero-order chi connectivity index (χ0) is 18.7. The average molecular weight is 408 g/mol. The maximum Gasteiger partial charge on any atom is 0.275 e. The van der Waals surface area contributed by atoms with Gasteiger partial charge in [-0.25, -0.2) is 4.98 Å². The van der Waals surface area contributed by atoms with E-state index in [0.29, 0.717) is 32.3 Å². The summed E-state index contributed by atoms with van der Waals surface area (Å²) >= 11 is 13.2. The van der Waals surface area contributed by atoms with Crippen LogP contribution in [0.4, 0.5) is 16.5 Å². The van der Waals surface area contributed by atoms with Crippen molar-refractivity contribution in [2.75, 3.05) is 17.7 Å². The Morgan fingerprint density at radius 3 is 2.69 bits per heavy atom. The smallest absolute Gasteiger partial charge is 0.275 e. The molecular weight excluding hydrogens is 393 g/mol. The molecule has 3 rings (SSSR count). The van der Waals surface area contributed by atoms with Gasteiger partial charge in [-0.1, -0.05) is 29.3 Å². The normalized spacial score (nSPS) is 10.5. The molecule has 2 N–H and O–H groups in total. The van der Waals surface area contributed by atoms with E-state index in [9.17, 15) is 4.79 Å². The molecule has 1 aromatic heterocycles. The minimum absolute atomic E-state index is 0.301. The van der Waals surface area contributed by atoms with Crippen molar-refractivity contribution in [3.8, 4) is 5.75 Å². The number of hydrogen-bond acceptors (Lipinski definition) is 5. The summed E-state index contributed by atoms with van der Waals surface area (Å²) in [7, 11) is 1.60. The first-order chi connectivity index (χ1) is 12.5. The molecular formula is C18H15Cl2N3O2S.